The molecule has 0 unspecified atom stereocenters. The minimum atomic E-state index is -0.593. The number of methoxy groups -OCH3 is 1. The van der Waals surface area contributed by atoms with Crippen molar-refractivity contribution in [1.29, 1.82) is 0 Å². The Hall–Kier alpha value is -2.88. The van der Waals surface area contributed by atoms with Crippen LogP contribution in [-0.4, -0.2) is 18.9 Å². The number of hydrogen-bond donors (Lipinski definition) is 1. The van der Waals surface area contributed by atoms with E-state index in [1.54, 1.807) is 24.3 Å². The zero-order valence-electron chi connectivity index (χ0n) is 12.5. The maximum absolute atomic E-state index is 12.3. The van der Waals surface area contributed by atoms with E-state index in [-0.39, 0.29) is 11.5 Å². The highest BCUT2D eigenvalue weighted by molar-refractivity contribution is 6.09. The fourth-order valence-electron chi connectivity index (χ4n) is 1.87. The van der Waals surface area contributed by atoms with Crippen LogP contribution in [0.5, 0.6) is 0 Å². The fraction of sp³-hybridized carbons (Fsp3) is 0.111. The van der Waals surface area contributed by atoms with Crippen molar-refractivity contribution in [2.24, 2.45) is 0 Å². The Morgan fingerprint density at radius 2 is 1.64 bits per heavy atom. The van der Waals surface area contributed by atoms with E-state index in [1.165, 1.54) is 13.2 Å². The summed E-state index contributed by atoms with van der Waals surface area (Å²) in [6, 6.07) is 16.3. The number of esters is 1. The zero-order valence-corrected chi connectivity index (χ0v) is 12.5. The number of ketones is 1. The van der Waals surface area contributed by atoms with Gasteiger partial charge < -0.3 is 10.1 Å². The second-order valence-electron chi connectivity index (χ2n) is 4.77. The minimum absolute atomic E-state index is 0.0966. The molecule has 4 nitrogen and oxygen atoms in total. The summed E-state index contributed by atoms with van der Waals surface area (Å²) in [5.41, 5.74) is 2.38. The summed E-state index contributed by atoms with van der Waals surface area (Å²) in [4.78, 5) is 24.1. The van der Waals surface area contributed by atoms with Crippen molar-refractivity contribution < 1.29 is 14.3 Å². The summed E-state index contributed by atoms with van der Waals surface area (Å²) >= 11 is 0. The van der Waals surface area contributed by atoms with Crippen LogP contribution in [0, 0.1) is 6.92 Å². The van der Waals surface area contributed by atoms with Crippen molar-refractivity contribution in [3.63, 3.8) is 0 Å². The van der Waals surface area contributed by atoms with Crippen LogP contribution < -0.4 is 5.32 Å². The van der Waals surface area contributed by atoms with Gasteiger partial charge in [-0.2, -0.15) is 0 Å². The molecule has 1 N–H and O–H groups in total. The lowest BCUT2D eigenvalue weighted by atomic mass is 10.1. The maximum Gasteiger partial charge on any atom is 0.354 e. The summed E-state index contributed by atoms with van der Waals surface area (Å²) in [5.74, 6) is -0.854. The normalized spacial score (nSPS) is 10.9. The van der Waals surface area contributed by atoms with Crippen LogP contribution in [0.3, 0.4) is 0 Å². The first-order chi connectivity index (χ1) is 10.6. The zero-order chi connectivity index (χ0) is 15.9. The van der Waals surface area contributed by atoms with E-state index in [4.69, 9.17) is 4.74 Å². The van der Waals surface area contributed by atoms with Crippen LogP contribution in [0.1, 0.15) is 15.9 Å². The Labute approximate surface area is 129 Å². The monoisotopic (exact) mass is 295 g/mol. The Balaban J connectivity index is 2.26. The van der Waals surface area contributed by atoms with Crippen molar-refractivity contribution in [3.8, 4) is 0 Å². The third-order valence-corrected chi connectivity index (χ3v) is 3.07. The minimum Gasteiger partial charge on any atom is -0.464 e. The molecule has 0 heterocycles. The van der Waals surface area contributed by atoms with E-state index in [1.807, 2.05) is 37.3 Å². The molecule has 2 aromatic carbocycles. The first kappa shape index (κ1) is 15.5. The second-order valence-corrected chi connectivity index (χ2v) is 4.77. The predicted octanol–water partition coefficient (Wildman–Crippen LogP) is 3.35. The number of para-hydroxylation sites is 1. The van der Waals surface area contributed by atoms with Gasteiger partial charge in [0.2, 0.25) is 0 Å². The molecule has 0 aromatic heterocycles. The van der Waals surface area contributed by atoms with E-state index in [0.29, 0.717) is 11.3 Å². The number of hydrogen-bond acceptors (Lipinski definition) is 4. The van der Waals surface area contributed by atoms with Gasteiger partial charge in [-0.25, -0.2) is 4.79 Å². The summed E-state index contributed by atoms with van der Waals surface area (Å²) in [7, 11) is 1.28. The lowest BCUT2D eigenvalue weighted by molar-refractivity contribution is -0.135. The van der Waals surface area contributed by atoms with Crippen LogP contribution in [0.4, 0.5) is 5.69 Å². The van der Waals surface area contributed by atoms with Gasteiger partial charge in [0.1, 0.15) is 5.70 Å². The maximum atomic E-state index is 12.3. The number of benzene rings is 2. The molecule has 0 saturated carbocycles. The van der Waals surface area contributed by atoms with Gasteiger partial charge in [0.05, 0.1) is 7.11 Å². The number of carbonyl (C=O) groups is 2. The molecule has 0 aliphatic carbocycles. The lowest BCUT2D eigenvalue weighted by Gasteiger charge is -2.09. The molecule has 0 radical (unpaired) electrons. The summed E-state index contributed by atoms with van der Waals surface area (Å²) in [6.07, 6.45) is 1.25. The molecular formula is C18H17NO3. The smallest absolute Gasteiger partial charge is 0.354 e. The topological polar surface area (TPSA) is 55.4 Å². The Kier molecular flexibility index (Phi) is 5.09. The van der Waals surface area contributed by atoms with Gasteiger partial charge >= 0.3 is 5.97 Å². The van der Waals surface area contributed by atoms with Crippen molar-refractivity contribution in [1.82, 2.24) is 0 Å². The predicted molar refractivity (Wildman–Crippen MR) is 85.7 cm³/mol. The molecule has 0 spiro atoms. The van der Waals surface area contributed by atoms with Crippen molar-refractivity contribution >= 4 is 17.4 Å². The number of carbonyl (C=O) groups excluding carboxylic acids is 2. The molecule has 22 heavy (non-hydrogen) atoms. The molecule has 0 bridgehead atoms. The summed E-state index contributed by atoms with van der Waals surface area (Å²) in [5, 5.41) is 2.91. The highest BCUT2D eigenvalue weighted by Gasteiger charge is 2.13. The third-order valence-electron chi connectivity index (χ3n) is 3.07. The third kappa shape index (κ3) is 4.06. The SMILES string of the molecule is COC(=O)/C(=C\C(=O)c1ccc(C)cc1)Nc1ccccc1. The largest absolute Gasteiger partial charge is 0.464 e. The molecule has 0 atom stereocenters. The second kappa shape index (κ2) is 7.22. The Bertz CT molecular complexity index is 688. The average Bonchev–Trinajstić information content (AvgIpc) is 2.55. The first-order valence-corrected chi connectivity index (χ1v) is 6.83. The Morgan fingerprint density at radius 3 is 2.23 bits per heavy atom. The van der Waals surface area contributed by atoms with Crippen LogP contribution >= 0.6 is 0 Å². The van der Waals surface area contributed by atoms with Crippen molar-refractivity contribution in [3.05, 3.63) is 77.5 Å². The number of nitrogens with one attached hydrogen (secondary N) is 1. The quantitative estimate of drug-likeness (QED) is 0.522. The average molecular weight is 295 g/mol. The van der Waals surface area contributed by atoms with Crippen LogP contribution in [0.25, 0.3) is 0 Å². The van der Waals surface area contributed by atoms with Gasteiger partial charge in [0.15, 0.2) is 5.78 Å². The molecule has 0 amide bonds. The van der Waals surface area contributed by atoms with E-state index in [2.05, 4.69) is 5.32 Å². The number of rotatable bonds is 5. The van der Waals surface area contributed by atoms with Gasteiger partial charge in [0.25, 0.3) is 0 Å². The summed E-state index contributed by atoms with van der Waals surface area (Å²) in [6.45, 7) is 1.95. The number of ether oxygens (including phenoxy) is 1. The molecule has 0 fully saturated rings. The van der Waals surface area contributed by atoms with Gasteiger partial charge in [-0.05, 0) is 19.1 Å². The van der Waals surface area contributed by atoms with Gasteiger partial charge in [-0.3, -0.25) is 4.79 Å². The highest BCUT2D eigenvalue weighted by atomic mass is 16.5. The van der Waals surface area contributed by atoms with E-state index in [0.717, 1.165) is 5.56 Å². The molecule has 0 aliphatic heterocycles. The van der Waals surface area contributed by atoms with Crippen LogP contribution in [0.2, 0.25) is 0 Å². The number of allylic oxidation sites excluding steroid dienone is 1. The molecule has 2 aromatic rings. The molecule has 112 valence electrons. The van der Waals surface area contributed by atoms with E-state index < -0.39 is 5.97 Å². The molecule has 0 aliphatic rings. The van der Waals surface area contributed by atoms with E-state index in [9.17, 15) is 9.59 Å². The number of anilines is 1. The molecule has 0 saturated heterocycles. The van der Waals surface area contributed by atoms with Crippen molar-refractivity contribution in [2.45, 2.75) is 6.92 Å². The number of aryl methyl sites for hydroxylation is 1. The van der Waals surface area contributed by atoms with Gasteiger partial charge in [0, 0.05) is 17.3 Å². The van der Waals surface area contributed by atoms with Crippen LogP contribution in [-0.2, 0) is 9.53 Å². The molecular weight excluding hydrogens is 278 g/mol. The first-order valence-electron chi connectivity index (χ1n) is 6.83. The van der Waals surface area contributed by atoms with Gasteiger partial charge in [-0.15, -0.1) is 0 Å². The standard InChI is InChI=1S/C18H17NO3/c1-13-8-10-14(11-9-13)17(20)12-16(18(21)22-2)19-15-6-4-3-5-7-15/h3-12,19H,1-2H3/b16-12+. The van der Waals surface area contributed by atoms with Crippen molar-refractivity contribution in [2.75, 3.05) is 12.4 Å². The summed E-state index contributed by atoms with van der Waals surface area (Å²) < 4.78 is 4.72. The lowest BCUT2D eigenvalue weighted by Crippen LogP contribution is -2.15. The van der Waals surface area contributed by atoms with Gasteiger partial charge in [-0.1, -0.05) is 48.0 Å². The molecule has 2 rings (SSSR count). The van der Waals surface area contributed by atoms with E-state index >= 15 is 0 Å². The fourth-order valence-corrected chi connectivity index (χ4v) is 1.87. The highest BCUT2D eigenvalue weighted by Crippen LogP contribution is 2.12. The van der Waals surface area contributed by atoms with Crippen LogP contribution in [0.15, 0.2) is 66.4 Å². The Morgan fingerprint density at radius 1 is 1.00 bits per heavy atom. The molecule has 4 heteroatoms.